The van der Waals surface area contributed by atoms with E-state index in [1.54, 1.807) is 24.4 Å². The first-order valence-electron chi connectivity index (χ1n) is 6.95. The highest BCUT2D eigenvalue weighted by Gasteiger charge is 2.39. The summed E-state index contributed by atoms with van der Waals surface area (Å²) in [7, 11) is 0. The molecule has 0 spiro atoms. The minimum absolute atomic E-state index is 0.145. The Kier molecular flexibility index (Phi) is 4.76. The summed E-state index contributed by atoms with van der Waals surface area (Å²) in [4.78, 5) is 7.80. The van der Waals surface area contributed by atoms with E-state index in [9.17, 15) is 19.7 Å². The Morgan fingerprint density at radius 2 is 2.00 bits per heavy atom. The van der Waals surface area contributed by atoms with Crippen LogP contribution >= 0.6 is 11.8 Å². The van der Waals surface area contributed by atoms with E-state index in [0.717, 1.165) is 11.8 Å². The van der Waals surface area contributed by atoms with Crippen LogP contribution in [0.15, 0.2) is 36.7 Å². The summed E-state index contributed by atoms with van der Waals surface area (Å²) in [6, 6.07) is 6.75. The SMILES string of the molecule is O[C@@H]1[C@@H](O)[C@H](Oc2cc(-c3ccccn3)cnc2F)SC[C@H]1O. The van der Waals surface area contributed by atoms with Gasteiger partial charge in [-0.2, -0.15) is 4.39 Å². The van der Waals surface area contributed by atoms with Crippen molar-refractivity contribution in [2.24, 2.45) is 0 Å². The molecule has 3 N–H and O–H groups in total. The highest BCUT2D eigenvalue weighted by Crippen LogP contribution is 2.31. The van der Waals surface area contributed by atoms with Gasteiger partial charge in [-0.1, -0.05) is 6.07 Å². The smallest absolute Gasteiger partial charge is 0.255 e. The molecule has 2 aromatic heterocycles. The maximum atomic E-state index is 13.9. The first-order valence-corrected chi connectivity index (χ1v) is 8.00. The topological polar surface area (TPSA) is 95.7 Å². The molecule has 8 heteroatoms. The van der Waals surface area contributed by atoms with Gasteiger partial charge in [-0.05, 0) is 18.2 Å². The van der Waals surface area contributed by atoms with Gasteiger partial charge in [-0.15, -0.1) is 11.8 Å². The molecule has 1 aliphatic rings. The molecule has 2 aromatic rings. The highest BCUT2D eigenvalue weighted by molar-refractivity contribution is 7.99. The lowest BCUT2D eigenvalue weighted by molar-refractivity contribution is -0.0790. The molecule has 3 heterocycles. The second-order valence-electron chi connectivity index (χ2n) is 5.10. The molecule has 0 aromatic carbocycles. The highest BCUT2D eigenvalue weighted by atomic mass is 32.2. The average Bonchev–Trinajstić information content (AvgIpc) is 2.58. The minimum Gasteiger partial charge on any atom is -0.472 e. The number of halogens is 1. The van der Waals surface area contributed by atoms with Crippen LogP contribution in [-0.2, 0) is 0 Å². The van der Waals surface area contributed by atoms with Crippen LogP contribution in [0.4, 0.5) is 4.39 Å². The second kappa shape index (κ2) is 6.79. The molecule has 0 saturated carbocycles. The Balaban J connectivity index is 1.83. The van der Waals surface area contributed by atoms with Crippen LogP contribution in [-0.4, -0.2) is 54.8 Å². The zero-order valence-corrected chi connectivity index (χ0v) is 12.7. The van der Waals surface area contributed by atoms with Crippen molar-refractivity contribution in [1.29, 1.82) is 0 Å². The predicted molar refractivity (Wildman–Crippen MR) is 82.3 cm³/mol. The van der Waals surface area contributed by atoms with E-state index in [0.29, 0.717) is 11.3 Å². The van der Waals surface area contributed by atoms with Crippen LogP contribution in [0.5, 0.6) is 5.75 Å². The second-order valence-corrected chi connectivity index (χ2v) is 6.23. The predicted octanol–water partition coefficient (Wildman–Crippen LogP) is 0.817. The van der Waals surface area contributed by atoms with Crippen LogP contribution in [0.3, 0.4) is 0 Å². The minimum atomic E-state index is -1.34. The number of nitrogens with zero attached hydrogens (tertiary/aromatic N) is 2. The molecule has 122 valence electrons. The number of hydrogen-bond donors (Lipinski definition) is 3. The van der Waals surface area contributed by atoms with Gasteiger partial charge in [0.2, 0.25) is 0 Å². The maximum absolute atomic E-state index is 13.9. The molecule has 3 rings (SSSR count). The average molecular weight is 338 g/mol. The number of thioether (sulfide) groups is 1. The van der Waals surface area contributed by atoms with Gasteiger partial charge in [-0.25, -0.2) is 4.98 Å². The third-order valence-electron chi connectivity index (χ3n) is 3.46. The van der Waals surface area contributed by atoms with E-state index in [1.807, 2.05) is 0 Å². The van der Waals surface area contributed by atoms with Crippen molar-refractivity contribution in [2.75, 3.05) is 5.75 Å². The number of aromatic nitrogens is 2. The van der Waals surface area contributed by atoms with Crippen molar-refractivity contribution in [2.45, 2.75) is 23.7 Å². The summed E-state index contributed by atoms with van der Waals surface area (Å²) < 4.78 is 19.3. The van der Waals surface area contributed by atoms with Crippen molar-refractivity contribution in [1.82, 2.24) is 9.97 Å². The van der Waals surface area contributed by atoms with E-state index >= 15 is 0 Å². The summed E-state index contributed by atoms with van der Waals surface area (Å²) in [5, 5.41) is 29.1. The van der Waals surface area contributed by atoms with E-state index in [-0.39, 0.29) is 11.5 Å². The van der Waals surface area contributed by atoms with Gasteiger partial charge in [0, 0.05) is 23.7 Å². The summed E-state index contributed by atoms with van der Waals surface area (Å²) in [5.74, 6) is -0.788. The normalized spacial score (nSPS) is 27.7. The maximum Gasteiger partial charge on any atom is 0.255 e. The summed E-state index contributed by atoms with van der Waals surface area (Å²) in [6.45, 7) is 0. The van der Waals surface area contributed by atoms with E-state index in [4.69, 9.17) is 4.74 Å². The van der Waals surface area contributed by atoms with Gasteiger partial charge in [0.15, 0.2) is 11.2 Å². The van der Waals surface area contributed by atoms with E-state index in [2.05, 4.69) is 9.97 Å². The lowest BCUT2D eigenvalue weighted by Crippen LogP contribution is -2.50. The number of hydrogen-bond acceptors (Lipinski definition) is 7. The molecule has 0 amide bonds. The Labute approximate surface area is 136 Å². The van der Waals surface area contributed by atoms with Crippen LogP contribution in [0, 0.1) is 5.95 Å². The Morgan fingerprint density at radius 3 is 2.74 bits per heavy atom. The molecule has 0 radical (unpaired) electrons. The van der Waals surface area contributed by atoms with Crippen LogP contribution in [0.1, 0.15) is 0 Å². The number of ether oxygens (including phenoxy) is 1. The number of aliphatic hydroxyl groups is 3. The molecule has 1 saturated heterocycles. The standard InChI is InChI=1S/C15H15FN2O4S/c16-14-11(22-15-13(21)12(20)10(19)7-23-15)5-8(6-18-14)9-3-1-2-4-17-9/h1-6,10,12-13,15,19-21H,7H2/t10-,12+,13-,15-/m1/s1. The van der Waals surface area contributed by atoms with E-state index < -0.39 is 29.7 Å². The Morgan fingerprint density at radius 1 is 1.17 bits per heavy atom. The number of aliphatic hydroxyl groups excluding tert-OH is 3. The Bertz CT molecular complexity index is 676. The fourth-order valence-corrected chi connectivity index (χ4v) is 3.31. The zero-order valence-electron chi connectivity index (χ0n) is 11.9. The van der Waals surface area contributed by atoms with Crippen molar-refractivity contribution < 1.29 is 24.4 Å². The van der Waals surface area contributed by atoms with Gasteiger partial charge in [0.25, 0.3) is 5.95 Å². The van der Waals surface area contributed by atoms with Crippen LogP contribution in [0.2, 0.25) is 0 Å². The van der Waals surface area contributed by atoms with Crippen molar-refractivity contribution >= 4 is 11.8 Å². The van der Waals surface area contributed by atoms with Crippen LogP contribution < -0.4 is 4.74 Å². The molecular weight excluding hydrogens is 323 g/mol. The monoisotopic (exact) mass is 338 g/mol. The molecular formula is C15H15FN2O4S. The van der Waals surface area contributed by atoms with Gasteiger partial charge >= 0.3 is 0 Å². The fourth-order valence-electron chi connectivity index (χ4n) is 2.19. The molecule has 4 atom stereocenters. The fraction of sp³-hybridized carbons (Fsp3) is 0.333. The van der Waals surface area contributed by atoms with Gasteiger partial charge in [0.1, 0.15) is 12.2 Å². The third kappa shape index (κ3) is 3.45. The molecule has 1 aliphatic heterocycles. The number of pyridine rings is 2. The molecule has 1 fully saturated rings. The third-order valence-corrected chi connectivity index (χ3v) is 4.70. The summed E-state index contributed by atoms with van der Waals surface area (Å²) in [5.41, 5.74) is 0.277. The largest absolute Gasteiger partial charge is 0.472 e. The van der Waals surface area contributed by atoms with Gasteiger partial charge < -0.3 is 20.1 Å². The molecule has 23 heavy (non-hydrogen) atoms. The lowest BCUT2D eigenvalue weighted by Gasteiger charge is -2.34. The summed E-state index contributed by atoms with van der Waals surface area (Å²) >= 11 is 1.10. The molecule has 0 bridgehead atoms. The number of rotatable bonds is 3. The Hall–Kier alpha value is -1.74. The quantitative estimate of drug-likeness (QED) is 0.713. The molecule has 0 unspecified atom stereocenters. The lowest BCUT2D eigenvalue weighted by atomic mass is 10.1. The van der Waals surface area contributed by atoms with Gasteiger partial charge in [-0.3, -0.25) is 4.98 Å². The molecule has 0 aliphatic carbocycles. The zero-order chi connectivity index (χ0) is 16.4. The van der Waals surface area contributed by atoms with Crippen LogP contribution in [0.25, 0.3) is 11.3 Å². The first kappa shape index (κ1) is 16.1. The van der Waals surface area contributed by atoms with Gasteiger partial charge in [0.05, 0.1) is 11.8 Å². The first-order chi connectivity index (χ1) is 11.1. The van der Waals surface area contributed by atoms with Crippen molar-refractivity contribution in [3.05, 3.63) is 42.6 Å². The molecule has 6 nitrogen and oxygen atoms in total. The van der Waals surface area contributed by atoms with Crippen molar-refractivity contribution in [3.8, 4) is 17.0 Å². The van der Waals surface area contributed by atoms with E-state index in [1.165, 1.54) is 12.3 Å². The van der Waals surface area contributed by atoms with Crippen molar-refractivity contribution in [3.63, 3.8) is 0 Å². The summed E-state index contributed by atoms with van der Waals surface area (Å²) in [6.07, 6.45) is -0.763.